The lowest BCUT2D eigenvalue weighted by Crippen LogP contribution is -2.62. The zero-order valence-corrected chi connectivity index (χ0v) is 25.5. The Bertz CT molecular complexity index is 1380. The van der Waals surface area contributed by atoms with Gasteiger partial charge in [0.1, 0.15) is 11.6 Å². The van der Waals surface area contributed by atoms with E-state index in [1.54, 1.807) is 0 Å². The lowest BCUT2D eigenvalue weighted by molar-refractivity contribution is -0.150. The minimum atomic E-state index is -3.51. The van der Waals surface area contributed by atoms with E-state index in [4.69, 9.17) is 0 Å². The highest BCUT2D eigenvalue weighted by molar-refractivity contribution is 7.88. The van der Waals surface area contributed by atoms with E-state index in [2.05, 4.69) is 36.1 Å². The first-order valence-electron chi connectivity index (χ1n) is 14.9. The van der Waals surface area contributed by atoms with Crippen LogP contribution in [0.5, 0.6) is 0 Å². The van der Waals surface area contributed by atoms with Crippen LogP contribution in [-0.4, -0.2) is 77.6 Å². The predicted octanol–water partition coefficient (Wildman–Crippen LogP) is 4.24. The molecule has 0 aromatic heterocycles. The number of hydrogen-bond acceptors (Lipinski definition) is 5. The van der Waals surface area contributed by atoms with Crippen molar-refractivity contribution in [2.24, 2.45) is 5.92 Å². The van der Waals surface area contributed by atoms with Gasteiger partial charge in [-0.15, -0.1) is 0 Å². The molecule has 42 heavy (non-hydrogen) atoms. The molecular weight excluding hydrogens is 546 g/mol. The smallest absolute Gasteiger partial charge is 0.242 e. The molecule has 0 spiro atoms. The molecule has 1 N–H and O–H groups in total. The third-order valence-electron chi connectivity index (χ3n) is 8.85. The number of amides is 1. The molecule has 5 rings (SSSR count). The maximum Gasteiger partial charge on any atom is 0.242 e. The van der Waals surface area contributed by atoms with Gasteiger partial charge in [-0.25, -0.2) is 8.42 Å². The van der Waals surface area contributed by atoms with E-state index in [1.165, 1.54) is 21.7 Å². The second-order valence-electron chi connectivity index (χ2n) is 12.2. The molecule has 3 aromatic carbocycles. The third-order valence-corrected chi connectivity index (χ3v) is 10.1. The van der Waals surface area contributed by atoms with E-state index in [1.807, 2.05) is 65.6 Å². The molecule has 2 aliphatic heterocycles. The summed E-state index contributed by atoms with van der Waals surface area (Å²) in [5.74, 6) is 0.378. The van der Waals surface area contributed by atoms with Gasteiger partial charge in [0.2, 0.25) is 15.9 Å². The molecule has 2 heterocycles. The molecule has 2 unspecified atom stereocenters. The minimum absolute atomic E-state index is 0.0911. The number of aryl methyl sites for hydroxylation is 1. The first-order valence-corrected chi connectivity index (χ1v) is 16.8. The van der Waals surface area contributed by atoms with Crippen molar-refractivity contribution in [2.75, 3.05) is 32.4 Å². The second-order valence-corrected chi connectivity index (χ2v) is 14.2. The Kier molecular flexibility index (Phi) is 9.47. The molecule has 1 amide bonds. The molecule has 2 atom stereocenters. The average Bonchev–Trinajstić information content (AvgIpc) is 3.39. The maximum atomic E-state index is 14.5. The van der Waals surface area contributed by atoms with Gasteiger partial charge in [0.05, 0.1) is 6.26 Å². The van der Waals surface area contributed by atoms with Crippen LogP contribution in [0.15, 0.2) is 84.9 Å². The SMILES string of the molecule is Cc1ccc(CC2CCN(C(=O)C(N(Cc3ccccc3)Cc3ccccc3)C3(O)CCN(S(C)(=O)=O)C3)CC2)cc1. The number of nitrogens with zero attached hydrogens (tertiary/aromatic N) is 3. The van der Waals surface area contributed by atoms with Gasteiger partial charge in [0, 0.05) is 39.3 Å². The number of likely N-dealkylation sites (tertiary alicyclic amines) is 1. The average molecular weight is 590 g/mol. The summed E-state index contributed by atoms with van der Waals surface area (Å²) in [7, 11) is -3.51. The Labute approximate surface area is 250 Å². The fourth-order valence-corrected chi connectivity index (χ4v) is 7.36. The summed E-state index contributed by atoms with van der Waals surface area (Å²) in [5, 5.41) is 12.2. The maximum absolute atomic E-state index is 14.5. The summed E-state index contributed by atoms with van der Waals surface area (Å²) < 4.78 is 26.3. The highest BCUT2D eigenvalue weighted by atomic mass is 32.2. The quantitative estimate of drug-likeness (QED) is 0.383. The number of carbonyl (C=O) groups is 1. The van der Waals surface area contributed by atoms with Crippen molar-refractivity contribution in [2.45, 2.75) is 57.3 Å². The summed E-state index contributed by atoms with van der Waals surface area (Å²) >= 11 is 0. The number of β-amino-alcohol motifs (C(OH)–C–C–N with tert-alkyl or cyclic N) is 1. The first-order chi connectivity index (χ1) is 20.1. The van der Waals surface area contributed by atoms with E-state index in [-0.39, 0.29) is 25.4 Å². The van der Waals surface area contributed by atoms with Crippen LogP contribution in [0.4, 0.5) is 0 Å². The van der Waals surface area contributed by atoms with Crippen molar-refractivity contribution in [3.63, 3.8) is 0 Å². The van der Waals surface area contributed by atoms with E-state index in [0.29, 0.717) is 32.1 Å². The van der Waals surface area contributed by atoms with Gasteiger partial charge < -0.3 is 10.0 Å². The van der Waals surface area contributed by atoms with E-state index < -0.39 is 21.7 Å². The van der Waals surface area contributed by atoms with E-state index in [0.717, 1.165) is 30.4 Å². The molecule has 2 aliphatic rings. The van der Waals surface area contributed by atoms with Crippen molar-refractivity contribution >= 4 is 15.9 Å². The van der Waals surface area contributed by atoms with Crippen LogP contribution in [0.2, 0.25) is 0 Å². The van der Waals surface area contributed by atoms with Crippen LogP contribution in [0.1, 0.15) is 41.5 Å². The summed E-state index contributed by atoms with van der Waals surface area (Å²) in [6, 6.07) is 27.7. The molecule has 7 nitrogen and oxygen atoms in total. The number of aliphatic hydroxyl groups is 1. The topological polar surface area (TPSA) is 81.2 Å². The van der Waals surface area contributed by atoms with Gasteiger partial charge in [-0.3, -0.25) is 9.69 Å². The van der Waals surface area contributed by atoms with Gasteiger partial charge in [0.15, 0.2) is 0 Å². The van der Waals surface area contributed by atoms with Crippen molar-refractivity contribution in [1.29, 1.82) is 0 Å². The monoisotopic (exact) mass is 589 g/mol. The number of rotatable bonds is 10. The standard InChI is InChI=1S/C34H43N3O4S/c1-27-13-15-28(16-14-27)23-29-17-20-35(21-18-29)33(38)32(34(39)19-22-37(26-34)42(2,40)41)36(24-30-9-5-3-6-10-30)25-31-11-7-4-8-12-31/h3-16,29,32,39H,17-26H2,1-2H3. The van der Waals surface area contributed by atoms with E-state index >= 15 is 0 Å². The van der Waals surface area contributed by atoms with Crippen LogP contribution < -0.4 is 0 Å². The molecule has 3 aromatic rings. The minimum Gasteiger partial charge on any atom is -0.386 e. The zero-order valence-electron chi connectivity index (χ0n) is 24.7. The van der Waals surface area contributed by atoms with Crippen LogP contribution in [0.3, 0.4) is 0 Å². The molecule has 0 bridgehead atoms. The molecule has 0 radical (unpaired) electrons. The number of piperidine rings is 1. The zero-order chi connectivity index (χ0) is 29.7. The lowest BCUT2D eigenvalue weighted by Gasteiger charge is -2.43. The number of sulfonamides is 1. The Morgan fingerprint density at radius 2 is 1.43 bits per heavy atom. The van der Waals surface area contributed by atoms with Crippen molar-refractivity contribution in [1.82, 2.24) is 14.1 Å². The molecule has 0 aliphatic carbocycles. The van der Waals surface area contributed by atoms with Gasteiger partial charge >= 0.3 is 0 Å². The largest absolute Gasteiger partial charge is 0.386 e. The predicted molar refractivity (Wildman–Crippen MR) is 166 cm³/mol. The second kappa shape index (κ2) is 13.1. The number of benzene rings is 3. The van der Waals surface area contributed by atoms with Gasteiger partial charge in [-0.05, 0) is 55.2 Å². The fraction of sp³-hybridized carbons (Fsp3) is 0.441. The van der Waals surface area contributed by atoms with Crippen LogP contribution in [-0.2, 0) is 34.3 Å². The van der Waals surface area contributed by atoms with Gasteiger partial charge in [0.25, 0.3) is 0 Å². The number of carbonyl (C=O) groups excluding carboxylic acids is 1. The van der Waals surface area contributed by atoms with Gasteiger partial charge in [-0.2, -0.15) is 4.31 Å². The summed E-state index contributed by atoms with van der Waals surface area (Å²) in [5.41, 5.74) is 3.12. The molecule has 2 saturated heterocycles. The fourth-order valence-electron chi connectivity index (χ4n) is 6.48. The lowest BCUT2D eigenvalue weighted by atomic mass is 9.87. The van der Waals surface area contributed by atoms with Crippen LogP contribution in [0, 0.1) is 12.8 Å². The van der Waals surface area contributed by atoms with Crippen molar-refractivity contribution < 1.29 is 18.3 Å². The summed E-state index contributed by atoms with van der Waals surface area (Å²) in [6.07, 6.45) is 4.17. The van der Waals surface area contributed by atoms with Gasteiger partial charge in [-0.1, -0.05) is 90.5 Å². The molecule has 2 fully saturated rings. The summed E-state index contributed by atoms with van der Waals surface area (Å²) in [4.78, 5) is 18.5. The molecular formula is C34H43N3O4S. The van der Waals surface area contributed by atoms with Crippen molar-refractivity contribution in [3.05, 3.63) is 107 Å². The summed E-state index contributed by atoms with van der Waals surface area (Å²) in [6.45, 7) is 4.37. The Balaban J connectivity index is 1.41. The Morgan fingerprint density at radius 3 is 1.93 bits per heavy atom. The third kappa shape index (κ3) is 7.48. The highest BCUT2D eigenvalue weighted by Crippen LogP contribution is 2.34. The molecule has 224 valence electrons. The van der Waals surface area contributed by atoms with Crippen molar-refractivity contribution in [3.8, 4) is 0 Å². The normalized spacial score (nSPS) is 21.1. The highest BCUT2D eigenvalue weighted by Gasteiger charge is 2.52. The van der Waals surface area contributed by atoms with Crippen LogP contribution >= 0.6 is 0 Å². The first kappa shape index (κ1) is 30.4. The molecule has 8 heteroatoms. The Morgan fingerprint density at radius 1 is 0.881 bits per heavy atom. The Hall–Kier alpha value is -3.04. The number of hydrogen-bond donors (Lipinski definition) is 1. The van der Waals surface area contributed by atoms with E-state index in [9.17, 15) is 18.3 Å². The molecule has 0 saturated carbocycles. The van der Waals surface area contributed by atoms with Crippen LogP contribution in [0.25, 0.3) is 0 Å².